The van der Waals surface area contributed by atoms with Crippen LogP contribution in [0.4, 0.5) is 4.39 Å². The first-order valence-corrected chi connectivity index (χ1v) is 10.3. The van der Waals surface area contributed by atoms with Gasteiger partial charge >= 0.3 is 0 Å². The predicted octanol–water partition coefficient (Wildman–Crippen LogP) is 3.42. The number of nitrogens with one attached hydrogen (secondary N) is 2. The van der Waals surface area contributed by atoms with Crippen LogP contribution in [0.2, 0.25) is 0 Å². The number of carboxylic acid groups (broad SMARTS) is 1. The Labute approximate surface area is 179 Å². The van der Waals surface area contributed by atoms with Gasteiger partial charge in [0.25, 0.3) is 12.4 Å². The number of fused-ring (bicyclic) bond motifs is 3. The Balaban J connectivity index is 0.000000730. The monoisotopic (exact) mass is 424 g/mol. The third-order valence-electron chi connectivity index (χ3n) is 6.39. The molecule has 3 N–H and O–H groups in total. The summed E-state index contributed by atoms with van der Waals surface area (Å²) in [6.45, 7) is -0.250. The number of piperidine rings is 1. The lowest BCUT2D eigenvalue weighted by molar-refractivity contribution is -0.122. The SMILES string of the molecule is CN1C2CCC1CC(NC(=O)c1n[nH]c3cc(-c4ccc(F)cc4)ccc13)C2.O=CO. The molecule has 0 radical (unpaired) electrons. The van der Waals surface area contributed by atoms with Crippen LogP contribution in [0.15, 0.2) is 42.5 Å². The summed E-state index contributed by atoms with van der Waals surface area (Å²) in [4.78, 5) is 23.7. The van der Waals surface area contributed by atoms with Crippen LogP contribution >= 0.6 is 0 Å². The number of amides is 1. The largest absolute Gasteiger partial charge is 0.483 e. The first-order valence-electron chi connectivity index (χ1n) is 10.3. The van der Waals surface area contributed by atoms with Crippen molar-refractivity contribution in [2.75, 3.05) is 7.05 Å². The third kappa shape index (κ3) is 4.29. The molecule has 0 saturated carbocycles. The number of rotatable bonds is 3. The van der Waals surface area contributed by atoms with Gasteiger partial charge in [-0.05, 0) is 68.1 Å². The molecule has 31 heavy (non-hydrogen) atoms. The molecule has 2 aliphatic rings. The van der Waals surface area contributed by atoms with Crippen molar-refractivity contribution in [3.63, 3.8) is 0 Å². The molecule has 5 rings (SSSR count). The minimum Gasteiger partial charge on any atom is -0.483 e. The van der Waals surface area contributed by atoms with Crippen molar-refractivity contribution in [2.24, 2.45) is 0 Å². The van der Waals surface area contributed by atoms with Gasteiger partial charge in [-0.25, -0.2) is 4.39 Å². The van der Waals surface area contributed by atoms with Crippen LogP contribution in [0.3, 0.4) is 0 Å². The second-order valence-electron chi connectivity index (χ2n) is 8.14. The molecular formula is C23H25FN4O3. The van der Waals surface area contributed by atoms with E-state index in [-0.39, 0.29) is 24.2 Å². The predicted molar refractivity (Wildman–Crippen MR) is 115 cm³/mol. The van der Waals surface area contributed by atoms with E-state index in [4.69, 9.17) is 9.90 Å². The number of hydrogen-bond acceptors (Lipinski definition) is 4. The molecule has 2 aliphatic heterocycles. The zero-order chi connectivity index (χ0) is 22.0. The Morgan fingerprint density at radius 2 is 1.77 bits per heavy atom. The van der Waals surface area contributed by atoms with Gasteiger partial charge in [0.05, 0.1) is 5.52 Å². The molecule has 1 amide bonds. The summed E-state index contributed by atoms with van der Waals surface area (Å²) < 4.78 is 13.2. The van der Waals surface area contributed by atoms with Crippen LogP contribution < -0.4 is 5.32 Å². The Morgan fingerprint density at radius 3 is 2.42 bits per heavy atom. The molecule has 3 heterocycles. The summed E-state index contributed by atoms with van der Waals surface area (Å²) in [6.07, 6.45) is 4.47. The quantitative estimate of drug-likeness (QED) is 0.560. The molecule has 2 atom stereocenters. The number of carbonyl (C=O) groups excluding carboxylic acids is 1. The minimum atomic E-state index is -0.257. The summed E-state index contributed by atoms with van der Waals surface area (Å²) in [6, 6.07) is 13.6. The maximum atomic E-state index is 13.2. The van der Waals surface area contributed by atoms with Crippen molar-refractivity contribution < 1.29 is 19.1 Å². The highest BCUT2D eigenvalue weighted by Crippen LogP contribution is 2.34. The number of halogens is 1. The Bertz CT molecular complexity index is 1070. The van der Waals surface area contributed by atoms with Gasteiger partial charge < -0.3 is 15.3 Å². The fourth-order valence-electron chi connectivity index (χ4n) is 4.80. The van der Waals surface area contributed by atoms with E-state index in [1.165, 1.54) is 25.0 Å². The lowest BCUT2D eigenvalue weighted by Gasteiger charge is -2.36. The number of hydrogen-bond donors (Lipinski definition) is 3. The number of H-pyrrole nitrogens is 1. The lowest BCUT2D eigenvalue weighted by atomic mass is 9.97. The highest BCUT2D eigenvalue weighted by Gasteiger charge is 2.39. The number of carbonyl (C=O) groups is 2. The van der Waals surface area contributed by atoms with E-state index in [1.54, 1.807) is 12.1 Å². The third-order valence-corrected chi connectivity index (χ3v) is 6.39. The van der Waals surface area contributed by atoms with Crippen molar-refractivity contribution in [2.45, 2.75) is 43.8 Å². The van der Waals surface area contributed by atoms with E-state index < -0.39 is 0 Å². The maximum absolute atomic E-state index is 13.2. The molecule has 2 saturated heterocycles. The molecular weight excluding hydrogens is 399 g/mol. The Morgan fingerprint density at radius 1 is 1.16 bits per heavy atom. The Kier molecular flexibility index (Phi) is 5.99. The smallest absolute Gasteiger partial charge is 0.290 e. The molecule has 2 fully saturated rings. The van der Waals surface area contributed by atoms with E-state index >= 15 is 0 Å². The van der Waals surface area contributed by atoms with E-state index in [0.717, 1.165) is 34.9 Å². The van der Waals surface area contributed by atoms with E-state index in [1.807, 2.05) is 18.2 Å². The highest BCUT2D eigenvalue weighted by molar-refractivity contribution is 6.05. The molecule has 7 nitrogen and oxygen atoms in total. The summed E-state index contributed by atoms with van der Waals surface area (Å²) in [7, 11) is 2.19. The van der Waals surface area contributed by atoms with Crippen LogP contribution in [0.5, 0.6) is 0 Å². The van der Waals surface area contributed by atoms with Crippen LogP contribution in [-0.2, 0) is 4.79 Å². The molecule has 2 aromatic carbocycles. The average Bonchev–Trinajstić information content (AvgIpc) is 3.25. The minimum absolute atomic E-state index is 0.116. The van der Waals surface area contributed by atoms with Crippen molar-refractivity contribution in [3.05, 3.63) is 54.0 Å². The van der Waals surface area contributed by atoms with Gasteiger partial charge in [-0.15, -0.1) is 0 Å². The van der Waals surface area contributed by atoms with Crippen molar-refractivity contribution >= 4 is 23.3 Å². The summed E-state index contributed by atoms with van der Waals surface area (Å²) in [5.41, 5.74) is 3.11. The van der Waals surface area contributed by atoms with E-state index in [2.05, 4.69) is 27.5 Å². The summed E-state index contributed by atoms with van der Waals surface area (Å²) in [5, 5.41) is 18.1. The van der Waals surface area contributed by atoms with Crippen molar-refractivity contribution in [3.8, 4) is 11.1 Å². The normalized spacial score (nSPS) is 22.6. The molecule has 1 aromatic heterocycles. The fourth-order valence-corrected chi connectivity index (χ4v) is 4.80. The molecule has 2 bridgehead atoms. The number of nitrogens with zero attached hydrogens (tertiary/aromatic N) is 2. The average molecular weight is 424 g/mol. The maximum Gasteiger partial charge on any atom is 0.290 e. The molecule has 162 valence electrons. The molecule has 3 aromatic rings. The van der Waals surface area contributed by atoms with Crippen molar-refractivity contribution in [1.29, 1.82) is 0 Å². The number of aromatic amines is 1. The van der Waals surface area contributed by atoms with E-state index in [0.29, 0.717) is 17.8 Å². The molecule has 2 unspecified atom stereocenters. The van der Waals surface area contributed by atoms with Crippen LogP contribution in [0.1, 0.15) is 36.2 Å². The Hall–Kier alpha value is -3.26. The van der Waals surface area contributed by atoms with Gasteiger partial charge in [-0.1, -0.05) is 18.2 Å². The fraction of sp³-hybridized carbons (Fsp3) is 0.348. The molecule has 0 spiro atoms. The highest BCUT2D eigenvalue weighted by atomic mass is 19.1. The zero-order valence-corrected chi connectivity index (χ0v) is 17.2. The van der Waals surface area contributed by atoms with Crippen LogP contribution in [-0.4, -0.2) is 57.8 Å². The first kappa shape index (κ1) is 21.0. The van der Waals surface area contributed by atoms with Gasteiger partial charge in [0, 0.05) is 23.5 Å². The zero-order valence-electron chi connectivity index (χ0n) is 17.2. The van der Waals surface area contributed by atoms with Crippen LogP contribution in [0, 0.1) is 5.82 Å². The molecule has 0 aliphatic carbocycles. The lowest BCUT2D eigenvalue weighted by Crippen LogP contribution is -2.48. The van der Waals surface area contributed by atoms with Gasteiger partial charge in [-0.2, -0.15) is 5.10 Å². The first-order chi connectivity index (χ1) is 15.0. The summed E-state index contributed by atoms with van der Waals surface area (Å²) >= 11 is 0. The number of benzene rings is 2. The topological polar surface area (TPSA) is 98.3 Å². The van der Waals surface area contributed by atoms with Gasteiger partial charge in [-0.3, -0.25) is 14.7 Å². The second-order valence-corrected chi connectivity index (χ2v) is 8.14. The second kappa shape index (κ2) is 8.85. The summed E-state index contributed by atoms with van der Waals surface area (Å²) in [5.74, 6) is -0.373. The van der Waals surface area contributed by atoms with Crippen molar-refractivity contribution in [1.82, 2.24) is 20.4 Å². The molecule has 8 heteroatoms. The van der Waals surface area contributed by atoms with Crippen LogP contribution in [0.25, 0.3) is 22.0 Å². The standard InChI is InChI=1S/C22H23FN4O.CH2O2/c1-27-17-7-8-18(27)12-16(11-17)24-22(28)21-19-9-4-14(10-20(19)25-26-21)13-2-5-15(23)6-3-13;2-1-3/h2-6,9-10,16-18H,7-8,11-12H2,1H3,(H,24,28)(H,25,26);1H,(H,2,3). The van der Waals surface area contributed by atoms with E-state index in [9.17, 15) is 9.18 Å². The van der Waals surface area contributed by atoms with Gasteiger partial charge in [0.2, 0.25) is 0 Å². The number of aromatic nitrogens is 2. The van der Waals surface area contributed by atoms with Gasteiger partial charge in [0.15, 0.2) is 5.69 Å². The van der Waals surface area contributed by atoms with Gasteiger partial charge in [0.1, 0.15) is 5.82 Å².